The van der Waals surface area contributed by atoms with E-state index in [1.54, 1.807) is 0 Å². The maximum Gasteiger partial charge on any atom is 0.0413 e. The van der Waals surface area contributed by atoms with Crippen LogP contribution in [0.15, 0.2) is 22.8 Å². The lowest BCUT2D eigenvalue weighted by molar-refractivity contribution is 0.499. The van der Waals surface area contributed by atoms with E-state index in [-0.39, 0.29) is 0 Å². The van der Waals surface area contributed by atoms with Gasteiger partial charge in [0.1, 0.15) is 0 Å². The summed E-state index contributed by atoms with van der Waals surface area (Å²) in [5.41, 5.74) is 1.18. The van der Waals surface area contributed by atoms with Crippen LogP contribution in [-0.2, 0) is 6.42 Å². The summed E-state index contributed by atoms with van der Waals surface area (Å²) in [6.07, 6.45) is 4.15. The highest BCUT2D eigenvalue weighted by atomic mass is 79.9. The fourth-order valence-electron chi connectivity index (χ4n) is 1.51. The van der Waals surface area contributed by atoms with Crippen LogP contribution >= 0.6 is 15.9 Å². The minimum atomic E-state index is 0.692. The lowest BCUT2D eigenvalue weighted by Crippen LogP contribution is -2.17. The third kappa shape index (κ3) is 5.28. The van der Waals surface area contributed by atoms with Crippen LogP contribution in [0.2, 0.25) is 0 Å². The topological polar surface area (TPSA) is 24.9 Å². The van der Waals surface area contributed by atoms with Gasteiger partial charge in [-0.25, -0.2) is 0 Å². The summed E-state index contributed by atoms with van der Waals surface area (Å²) < 4.78 is 1.05. The van der Waals surface area contributed by atoms with Gasteiger partial charge in [-0.3, -0.25) is 4.98 Å². The largest absolute Gasteiger partial charge is 0.317 e. The van der Waals surface area contributed by atoms with E-state index in [4.69, 9.17) is 0 Å². The Hall–Kier alpha value is -0.410. The molecule has 0 saturated heterocycles. The second-order valence-electron chi connectivity index (χ2n) is 3.92. The summed E-state index contributed by atoms with van der Waals surface area (Å²) in [5, 5.41) is 3.35. The van der Waals surface area contributed by atoms with E-state index in [9.17, 15) is 0 Å². The molecule has 84 valence electrons. The fraction of sp³-hybridized carbons (Fsp3) is 0.583. The van der Waals surface area contributed by atoms with Gasteiger partial charge in [0.15, 0.2) is 0 Å². The van der Waals surface area contributed by atoms with Crippen molar-refractivity contribution in [3.8, 4) is 0 Å². The zero-order valence-corrected chi connectivity index (χ0v) is 11.0. The quantitative estimate of drug-likeness (QED) is 0.804. The van der Waals surface area contributed by atoms with E-state index < -0.39 is 0 Å². The Morgan fingerprint density at radius 1 is 1.47 bits per heavy atom. The van der Waals surface area contributed by atoms with Gasteiger partial charge in [-0.2, -0.15) is 0 Å². The normalized spacial score (nSPS) is 12.7. The van der Waals surface area contributed by atoms with Gasteiger partial charge < -0.3 is 5.32 Å². The van der Waals surface area contributed by atoms with Crippen LogP contribution in [0, 0.1) is 5.92 Å². The molecule has 15 heavy (non-hydrogen) atoms. The first-order chi connectivity index (χ1) is 7.22. The molecule has 0 aliphatic rings. The van der Waals surface area contributed by atoms with E-state index in [0.717, 1.165) is 24.0 Å². The molecule has 2 nitrogen and oxygen atoms in total. The molecular weight excluding hydrogens is 252 g/mol. The summed E-state index contributed by atoms with van der Waals surface area (Å²) in [4.78, 5) is 4.38. The van der Waals surface area contributed by atoms with Gasteiger partial charge in [-0.1, -0.05) is 13.8 Å². The Labute approximate surface area is 101 Å². The van der Waals surface area contributed by atoms with Crippen molar-refractivity contribution in [2.24, 2.45) is 5.92 Å². The van der Waals surface area contributed by atoms with Gasteiger partial charge in [0.25, 0.3) is 0 Å². The van der Waals surface area contributed by atoms with E-state index in [1.165, 1.54) is 12.1 Å². The molecule has 0 fully saturated rings. The molecule has 1 heterocycles. The van der Waals surface area contributed by atoms with Gasteiger partial charge in [0.2, 0.25) is 0 Å². The molecule has 0 radical (unpaired) electrons. The predicted octanol–water partition coefficient (Wildman–Crippen LogP) is 3.02. The molecule has 0 spiro atoms. The Morgan fingerprint density at radius 2 is 2.27 bits per heavy atom. The SMILES string of the molecule is CCNCCC(C)Cc1ccc(Br)cn1. The smallest absolute Gasteiger partial charge is 0.0413 e. The van der Waals surface area contributed by atoms with E-state index in [0.29, 0.717) is 5.92 Å². The van der Waals surface area contributed by atoms with Crippen molar-refractivity contribution in [3.63, 3.8) is 0 Å². The molecule has 1 aromatic rings. The summed E-state index contributed by atoms with van der Waals surface area (Å²) >= 11 is 3.39. The van der Waals surface area contributed by atoms with Crippen LogP contribution in [0.25, 0.3) is 0 Å². The number of hydrogen-bond acceptors (Lipinski definition) is 2. The minimum absolute atomic E-state index is 0.692. The lowest BCUT2D eigenvalue weighted by Gasteiger charge is -2.10. The average molecular weight is 271 g/mol. The molecule has 0 amide bonds. The summed E-state index contributed by atoms with van der Waals surface area (Å²) in [5.74, 6) is 0.692. The van der Waals surface area contributed by atoms with Crippen LogP contribution in [0.3, 0.4) is 0 Å². The second kappa shape index (κ2) is 6.96. The molecule has 0 aliphatic carbocycles. The highest BCUT2D eigenvalue weighted by Crippen LogP contribution is 2.12. The van der Waals surface area contributed by atoms with Crippen molar-refractivity contribution in [1.82, 2.24) is 10.3 Å². The van der Waals surface area contributed by atoms with E-state index in [2.05, 4.69) is 52.2 Å². The number of hydrogen-bond donors (Lipinski definition) is 1. The van der Waals surface area contributed by atoms with Gasteiger partial charge >= 0.3 is 0 Å². The van der Waals surface area contributed by atoms with Crippen molar-refractivity contribution >= 4 is 15.9 Å². The zero-order chi connectivity index (χ0) is 11.1. The lowest BCUT2D eigenvalue weighted by atomic mass is 10.0. The van der Waals surface area contributed by atoms with Crippen molar-refractivity contribution in [1.29, 1.82) is 0 Å². The monoisotopic (exact) mass is 270 g/mol. The second-order valence-corrected chi connectivity index (χ2v) is 4.83. The van der Waals surface area contributed by atoms with Gasteiger partial charge in [-0.05, 0) is 59.9 Å². The summed E-state index contributed by atoms with van der Waals surface area (Å²) in [6.45, 7) is 6.58. The minimum Gasteiger partial charge on any atom is -0.317 e. The van der Waals surface area contributed by atoms with Crippen LogP contribution in [0.5, 0.6) is 0 Å². The number of nitrogens with zero attached hydrogens (tertiary/aromatic N) is 1. The van der Waals surface area contributed by atoms with Gasteiger partial charge in [0.05, 0.1) is 0 Å². The number of nitrogens with one attached hydrogen (secondary N) is 1. The van der Waals surface area contributed by atoms with Crippen LogP contribution in [0.1, 0.15) is 26.0 Å². The Bertz CT molecular complexity index is 271. The first-order valence-electron chi connectivity index (χ1n) is 5.53. The zero-order valence-electron chi connectivity index (χ0n) is 9.46. The maximum absolute atomic E-state index is 4.38. The molecule has 1 aromatic heterocycles. The van der Waals surface area contributed by atoms with Gasteiger partial charge in [-0.15, -0.1) is 0 Å². The molecule has 0 saturated carbocycles. The Balaban J connectivity index is 2.31. The van der Waals surface area contributed by atoms with Crippen molar-refractivity contribution in [3.05, 3.63) is 28.5 Å². The number of halogens is 1. The van der Waals surface area contributed by atoms with Crippen LogP contribution in [-0.4, -0.2) is 18.1 Å². The summed E-state index contributed by atoms with van der Waals surface area (Å²) in [6, 6.07) is 4.15. The molecule has 0 aromatic carbocycles. The highest BCUT2D eigenvalue weighted by Gasteiger charge is 2.04. The number of aromatic nitrogens is 1. The number of pyridine rings is 1. The standard InChI is InChI=1S/C12H19BrN2/c1-3-14-7-6-10(2)8-12-5-4-11(13)9-15-12/h4-5,9-10,14H,3,6-8H2,1-2H3. The molecule has 0 bridgehead atoms. The summed E-state index contributed by atoms with van der Waals surface area (Å²) in [7, 11) is 0. The van der Waals surface area contributed by atoms with Crippen molar-refractivity contribution < 1.29 is 0 Å². The average Bonchev–Trinajstić information content (AvgIpc) is 2.22. The third-order valence-electron chi connectivity index (χ3n) is 2.41. The predicted molar refractivity (Wildman–Crippen MR) is 68.0 cm³/mol. The molecule has 0 aliphatic heterocycles. The Morgan fingerprint density at radius 3 is 2.87 bits per heavy atom. The molecule has 1 rings (SSSR count). The first kappa shape index (κ1) is 12.7. The Kier molecular flexibility index (Phi) is 5.88. The first-order valence-corrected chi connectivity index (χ1v) is 6.32. The molecule has 3 heteroatoms. The van der Waals surface area contributed by atoms with E-state index in [1.807, 2.05) is 6.20 Å². The van der Waals surface area contributed by atoms with Crippen LogP contribution < -0.4 is 5.32 Å². The van der Waals surface area contributed by atoms with Crippen molar-refractivity contribution in [2.75, 3.05) is 13.1 Å². The maximum atomic E-state index is 4.38. The molecule has 1 N–H and O–H groups in total. The number of rotatable bonds is 6. The molecule has 1 unspecified atom stereocenters. The molecular formula is C12H19BrN2. The molecule has 1 atom stereocenters. The van der Waals surface area contributed by atoms with Gasteiger partial charge in [0, 0.05) is 16.4 Å². The van der Waals surface area contributed by atoms with Crippen LogP contribution in [0.4, 0.5) is 0 Å². The highest BCUT2D eigenvalue weighted by molar-refractivity contribution is 9.10. The third-order valence-corrected chi connectivity index (χ3v) is 2.88. The van der Waals surface area contributed by atoms with Crippen molar-refractivity contribution in [2.45, 2.75) is 26.7 Å². The fourth-order valence-corrected chi connectivity index (χ4v) is 1.75. The van der Waals surface area contributed by atoms with E-state index >= 15 is 0 Å².